The van der Waals surface area contributed by atoms with Gasteiger partial charge in [-0.3, -0.25) is 4.79 Å². The van der Waals surface area contributed by atoms with Crippen LogP contribution < -0.4 is 0 Å². The minimum atomic E-state index is -0.548. The molecule has 0 fully saturated rings. The highest BCUT2D eigenvalue weighted by atomic mass is 16.5. The van der Waals surface area contributed by atoms with E-state index in [0.717, 1.165) is 12.8 Å². The Morgan fingerprint density at radius 3 is 2.57 bits per heavy atom. The van der Waals surface area contributed by atoms with E-state index in [-0.39, 0.29) is 12.2 Å². The molecule has 0 aromatic heterocycles. The maximum atomic E-state index is 11.3. The first-order valence-corrected chi connectivity index (χ1v) is 5.24. The first kappa shape index (κ1) is 13.3. The fourth-order valence-electron chi connectivity index (χ4n) is 1.26. The molecule has 0 aliphatic rings. The summed E-state index contributed by atoms with van der Waals surface area (Å²) < 4.78 is 4.81. The number of carbonyl (C=O) groups excluding carboxylic acids is 2. The average molecular weight is 200 g/mol. The van der Waals surface area contributed by atoms with E-state index in [1.165, 1.54) is 20.0 Å². The summed E-state index contributed by atoms with van der Waals surface area (Å²) in [6.45, 7) is 2.13. The van der Waals surface area contributed by atoms with Crippen LogP contribution in [0.2, 0.25) is 0 Å². The summed E-state index contributed by atoms with van der Waals surface area (Å²) in [7, 11) is 1.45. The molecular weight excluding hydrogens is 180 g/mol. The highest BCUT2D eigenvalue weighted by Gasteiger charge is 2.11. The van der Waals surface area contributed by atoms with Crippen LogP contribution in [0.1, 0.15) is 45.4 Å². The molecule has 3 nitrogen and oxygen atoms in total. The van der Waals surface area contributed by atoms with Gasteiger partial charge < -0.3 is 9.53 Å². The van der Waals surface area contributed by atoms with Crippen molar-refractivity contribution >= 4 is 12.1 Å². The van der Waals surface area contributed by atoms with Crippen LogP contribution in [0.4, 0.5) is 0 Å². The zero-order valence-electron chi connectivity index (χ0n) is 9.12. The molecule has 82 valence electrons. The molecule has 1 unspecified atom stereocenters. The Kier molecular flexibility index (Phi) is 8.43. The zero-order valence-corrected chi connectivity index (χ0v) is 9.12. The Balaban J connectivity index is 3.49. The maximum Gasteiger partial charge on any atom is 0.149 e. The Hall–Kier alpha value is -0.700. The molecule has 0 aliphatic heterocycles. The van der Waals surface area contributed by atoms with Crippen LogP contribution in [0.3, 0.4) is 0 Å². The summed E-state index contributed by atoms with van der Waals surface area (Å²) in [5.74, 6) is 0.125. The molecule has 0 saturated carbocycles. The van der Waals surface area contributed by atoms with Gasteiger partial charge in [0.05, 0.1) is 0 Å². The van der Waals surface area contributed by atoms with Crippen molar-refractivity contribution in [1.29, 1.82) is 0 Å². The van der Waals surface area contributed by atoms with E-state index in [9.17, 15) is 9.59 Å². The number of hydrogen-bond acceptors (Lipinski definition) is 3. The van der Waals surface area contributed by atoms with Gasteiger partial charge >= 0.3 is 0 Å². The Morgan fingerprint density at radius 1 is 1.36 bits per heavy atom. The van der Waals surface area contributed by atoms with Gasteiger partial charge in [0.25, 0.3) is 0 Å². The summed E-state index contributed by atoms with van der Waals surface area (Å²) >= 11 is 0. The van der Waals surface area contributed by atoms with Crippen LogP contribution in [-0.4, -0.2) is 25.3 Å². The summed E-state index contributed by atoms with van der Waals surface area (Å²) in [5, 5.41) is 0. The monoisotopic (exact) mass is 200 g/mol. The van der Waals surface area contributed by atoms with Crippen molar-refractivity contribution in [2.45, 2.75) is 51.6 Å². The van der Waals surface area contributed by atoms with Crippen molar-refractivity contribution in [2.24, 2.45) is 0 Å². The number of Topliss-reactive ketones (excluding diaryl/α,β-unsaturated/α-hetero) is 1. The number of methoxy groups -OCH3 is 1. The van der Waals surface area contributed by atoms with Gasteiger partial charge in [0.2, 0.25) is 0 Å². The van der Waals surface area contributed by atoms with Crippen LogP contribution in [0.5, 0.6) is 0 Å². The van der Waals surface area contributed by atoms with Crippen LogP contribution in [-0.2, 0) is 14.3 Å². The van der Waals surface area contributed by atoms with Gasteiger partial charge in [0.1, 0.15) is 18.2 Å². The fourth-order valence-corrected chi connectivity index (χ4v) is 1.26. The number of ketones is 1. The van der Waals surface area contributed by atoms with Gasteiger partial charge in [-0.15, -0.1) is 0 Å². The Morgan fingerprint density at radius 2 is 2.07 bits per heavy atom. The first-order chi connectivity index (χ1) is 6.74. The van der Waals surface area contributed by atoms with Gasteiger partial charge in [0, 0.05) is 20.0 Å². The van der Waals surface area contributed by atoms with Crippen molar-refractivity contribution < 1.29 is 14.3 Å². The summed E-state index contributed by atoms with van der Waals surface area (Å²) in [6.07, 6.45) is 5.32. The minimum Gasteiger partial charge on any atom is -0.374 e. The van der Waals surface area contributed by atoms with Gasteiger partial charge in [-0.05, 0) is 6.42 Å². The summed E-state index contributed by atoms with van der Waals surface area (Å²) in [6, 6.07) is 0. The molecule has 0 spiro atoms. The predicted molar refractivity (Wildman–Crippen MR) is 55.2 cm³/mol. The Labute approximate surface area is 85.8 Å². The number of unbranched alkanes of at least 4 members (excludes halogenated alkanes) is 3. The second kappa shape index (κ2) is 8.88. The molecule has 3 heteroatoms. The molecule has 0 aromatic rings. The molecule has 14 heavy (non-hydrogen) atoms. The molecule has 0 bridgehead atoms. The number of ether oxygens (including phenoxy) is 1. The van der Waals surface area contributed by atoms with E-state index in [1.807, 2.05) is 0 Å². The summed E-state index contributed by atoms with van der Waals surface area (Å²) in [4.78, 5) is 21.7. The lowest BCUT2D eigenvalue weighted by molar-refractivity contribution is -0.126. The molecule has 0 N–H and O–H groups in total. The van der Waals surface area contributed by atoms with Crippen LogP contribution in [0.15, 0.2) is 0 Å². The lowest BCUT2D eigenvalue weighted by Crippen LogP contribution is -2.17. The minimum absolute atomic E-state index is 0.125. The van der Waals surface area contributed by atoms with Crippen LogP contribution in [0.25, 0.3) is 0 Å². The molecule has 0 aromatic carbocycles. The molecule has 0 saturated heterocycles. The summed E-state index contributed by atoms with van der Waals surface area (Å²) in [5.41, 5.74) is 0. The van der Waals surface area contributed by atoms with Crippen molar-refractivity contribution in [3.63, 3.8) is 0 Å². The zero-order chi connectivity index (χ0) is 10.8. The third kappa shape index (κ3) is 6.78. The van der Waals surface area contributed by atoms with Crippen molar-refractivity contribution in [3.05, 3.63) is 0 Å². The number of rotatable bonds is 9. The molecule has 0 rings (SSSR count). The number of carbonyl (C=O) groups is 2. The van der Waals surface area contributed by atoms with E-state index in [2.05, 4.69) is 6.92 Å². The Bertz CT molecular complexity index is 166. The van der Waals surface area contributed by atoms with Gasteiger partial charge in [-0.25, -0.2) is 0 Å². The predicted octanol–water partition coefficient (Wildman–Crippen LogP) is 2.13. The van der Waals surface area contributed by atoms with E-state index in [1.54, 1.807) is 0 Å². The second-order valence-electron chi connectivity index (χ2n) is 3.46. The van der Waals surface area contributed by atoms with E-state index >= 15 is 0 Å². The van der Waals surface area contributed by atoms with Crippen molar-refractivity contribution in [2.75, 3.05) is 7.11 Å². The third-order valence-electron chi connectivity index (χ3n) is 2.19. The lowest BCUT2D eigenvalue weighted by Gasteiger charge is -2.06. The topological polar surface area (TPSA) is 43.4 Å². The maximum absolute atomic E-state index is 11.3. The van der Waals surface area contributed by atoms with Gasteiger partial charge in [-0.2, -0.15) is 0 Å². The van der Waals surface area contributed by atoms with E-state index in [4.69, 9.17) is 4.74 Å². The first-order valence-electron chi connectivity index (χ1n) is 5.24. The SMILES string of the molecule is CCCCCCC(=O)CC(C=O)OC. The molecule has 1 atom stereocenters. The second-order valence-corrected chi connectivity index (χ2v) is 3.46. The number of hydrogen-bond donors (Lipinski definition) is 0. The van der Waals surface area contributed by atoms with Crippen LogP contribution >= 0.6 is 0 Å². The fraction of sp³-hybridized carbons (Fsp3) is 0.818. The normalized spacial score (nSPS) is 12.4. The quantitative estimate of drug-likeness (QED) is 0.423. The standard InChI is InChI=1S/C11H20O3/c1-3-4-5-6-7-10(13)8-11(9-12)14-2/h9,11H,3-8H2,1-2H3. The van der Waals surface area contributed by atoms with Gasteiger partial charge in [-0.1, -0.05) is 26.2 Å². The highest BCUT2D eigenvalue weighted by molar-refractivity contribution is 5.81. The molecule has 0 amide bonds. The molecular formula is C11H20O3. The molecule has 0 radical (unpaired) electrons. The third-order valence-corrected chi connectivity index (χ3v) is 2.19. The smallest absolute Gasteiger partial charge is 0.149 e. The van der Waals surface area contributed by atoms with E-state index in [0.29, 0.717) is 12.7 Å². The van der Waals surface area contributed by atoms with Crippen molar-refractivity contribution in [1.82, 2.24) is 0 Å². The molecule has 0 aliphatic carbocycles. The lowest BCUT2D eigenvalue weighted by atomic mass is 10.1. The van der Waals surface area contributed by atoms with Crippen LogP contribution in [0, 0.1) is 0 Å². The highest BCUT2D eigenvalue weighted by Crippen LogP contribution is 2.06. The van der Waals surface area contributed by atoms with E-state index < -0.39 is 6.10 Å². The average Bonchev–Trinajstić information content (AvgIpc) is 2.21. The molecule has 0 heterocycles. The number of aldehydes is 1. The van der Waals surface area contributed by atoms with Gasteiger partial charge in [0.15, 0.2) is 0 Å². The van der Waals surface area contributed by atoms with Crippen molar-refractivity contribution in [3.8, 4) is 0 Å². The largest absolute Gasteiger partial charge is 0.374 e.